The molecule has 3 N–H and O–H groups in total. The van der Waals surface area contributed by atoms with Gasteiger partial charge in [-0.1, -0.05) is 54.1 Å². The van der Waals surface area contributed by atoms with Crippen LogP contribution in [0, 0.1) is 0 Å². The minimum atomic E-state index is -0.518. The van der Waals surface area contributed by atoms with Crippen LogP contribution in [-0.2, 0) is 0 Å². The minimum Gasteiger partial charge on any atom is -0.507 e. The molecule has 0 aromatic heterocycles. The van der Waals surface area contributed by atoms with Crippen LogP contribution in [0.15, 0.2) is 90.0 Å². The van der Waals surface area contributed by atoms with E-state index in [9.17, 15) is 14.7 Å². The molecule has 164 valence electrons. The molecular formula is C26H20ClN3O3. The molecule has 6 nitrogen and oxygen atoms in total. The van der Waals surface area contributed by atoms with E-state index in [2.05, 4.69) is 15.8 Å². The molecule has 0 heterocycles. The second-order valence-corrected chi connectivity index (χ2v) is 7.80. The van der Waals surface area contributed by atoms with E-state index in [-0.39, 0.29) is 17.2 Å². The van der Waals surface area contributed by atoms with Crippen LogP contribution in [0.4, 0.5) is 5.69 Å². The summed E-state index contributed by atoms with van der Waals surface area (Å²) < 4.78 is 0. The Kier molecular flexibility index (Phi) is 6.38. The number of hydrogen-bond donors (Lipinski definition) is 3. The van der Waals surface area contributed by atoms with Crippen molar-refractivity contribution in [2.24, 2.45) is 5.10 Å². The highest BCUT2D eigenvalue weighted by Gasteiger charge is 2.15. The molecule has 0 aliphatic heterocycles. The number of phenols is 1. The number of carbonyl (C=O) groups excluding carboxylic acids is 2. The molecule has 0 saturated carbocycles. The van der Waals surface area contributed by atoms with E-state index in [0.29, 0.717) is 32.9 Å². The maximum atomic E-state index is 12.8. The number of aromatic hydroxyl groups is 1. The van der Waals surface area contributed by atoms with Crippen molar-refractivity contribution in [3.8, 4) is 5.75 Å². The van der Waals surface area contributed by atoms with Gasteiger partial charge in [0.25, 0.3) is 11.8 Å². The summed E-state index contributed by atoms with van der Waals surface area (Å²) in [5, 5.41) is 19.3. The van der Waals surface area contributed by atoms with E-state index in [1.165, 1.54) is 6.07 Å². The van der Waals surface area contributed by atoms with Crippen LogP contribution < -0.4 is 10.7 Å². The maximum absolute atomic E-state index is 12.8. The molecule has 0 saturated heterocycles. The van der Waals surface area contributed by atoms with E-state index in [1.54, 1.807) is 67.6 Å². The number of nitrogens with one attached hydrogen (secondary N) is 2. The number of anilines is 1. The molecule has 4 aromatic carbocycles. The third-order valence-corrected chi connectivity index (χ3v) is 5.36. The monoisotopic (exact) mass is 457 g/mol. The van der Waals surface area contributed by atoms with E-state index in [1.807, 2.05) is 18.2 Å². The first-order valence-electron chi connectivity index (χ1n) is 10.1. The number of amides is 2. The van der Waals surface area contributed by atoms with Crippen LogP contribution in [0.25, 0.3) is 10.8 Å². The zero-order valence-electron chi connectivity index (χ0n) is 17.7. The van der Waals surface area contributed by atoms with Gasteiger partial charge in [-0.2, -0.15) is 5.10 Å². The fraction of sp³-hybridized carbons (Fsp3) is 0.0385. The number of hydrogen-bond acceptors (Lipinski definition) is 4. The number of carbonyl (C=O) groups is 2. The quantitative estimate of drug-likeness (QED) is 0.269. The third-order valence-electron chi connectivity index (χ3n) is 5.10. The van der Waals surface area contributed by atoms with Crippen molar-refractivity contribution in [3.63, 3.8) is 0 Å². The van der Waals surface area contributed by atoms with Gasteiger partial charge in [-0.25, -0.2) is 5.43 Å². The van der Waals surface area contributed by atoms with Gasteiger partial charge >= 0.3 is 0 Å². The van der Waals surface area contributed by atoms with E-state index < -0.39 is 5.91 Å². The lowest BCUT2D eigenvalue weighted by Crippen LogP contribution is -2.20. The fourth-order valence-corrected chi connectivity index (χ4v) is 3.51. The number of fused-ring (bicyclic) bond motifs is 1. The van der Waals surface area contributed by atoms with Gasteiger partial charge in [0.2, 0.25) is 0 Å². The van der Waals surface area contributed by atoms with E-state index >= 15 is 0 Å². The molecule has 2 amide bonds. The zero-order chi connectivity index (χ0) is 23.4. The number of hydrazone groups is 1. The van der Waals surface area contributed by atoms with Gasteiger partial charge in [-0.3, -0.25) is 9.59 Å². The second-order valence-electron chi connectivity index (χ2n) is 7.36. The predicted octanol–water partition coefficient (Wildman–Crippen LogP) is 5.61. The number of benzene rings is 4. The Morgan fingerprint density at radius 1 is 0.848 bits per heavy atom. The Bertz CT molecular complexity index is 1380. The normalized spacial score (nSPS) is 11.3. The summed E-state index contributed by atoms with van der Waals surface area (Å²) in [6.45, 7) is 1.74. The summed E-state index contributed by atoms with van der Waals surface area (Å²) in [4.78, 5) is 25.2. The molecule has 7 heteroatoms. The van der Waals surface area contributed by atoms with Gasteiger partial charge in [-0.05, 0) is 65.7 Å². The average molecular weight is 458 g/mol. The largest absolute Gasteiger partial charge is 0.507 e. The molecule has 0 bridgehead atoms. The molecule has 0 spiro atoms. The first kappa shape index (κ1) is 22.0. The van der Waals surface area contributed by atoms with Crippen molar-refractivity contribution in [1.82, 2.24) is 5.43 Å². The molecule has 0 atom stereocenters. The molecule has 0 aliphatic carbocycles. The summed E-state index contributed by atoms with van der Waals surface area (Å²) in [5.74, 6) is -0.903. The van der Waals surface area contributed by atoms with Crippen LogP contribution in [0.1, 0.15) is 33.2 Å². The Labute approximate surface area is 195 Å². The molecule has 0 aliphatic rings. The van der Waals surface area contributed by atoms with E-state index in [0.717, 1.165) is 5.39 Å². The zero-order valence-corrected chi connectivity index (χ0v) is 18.4. The highest BCUT2D eigenvalue weighted by Crippen LogP contribution is 2.27. The van der Waals surface area contributed by atoms with Crippen LogP contribution in [0.5, 0.6) is 5.75 Å². The van der Waals surface area contributed by atoms with Crippen LogP contribution in [0.3, 0.4) is 0 Å². The first-order chi connectivity index (χ1) is 15.9. The third kappa shape index (κ3) is 5.02. The van der Waals surface area contributed by atoms with Crippen molar-refractivity contribution in [2.75, 3.05) is 5.32 Å². The van der Waals surface area contributed by atoms with Gasteiger partial charge < -0.3 is 10.4 Å². The molecule has 33 heavy (non-hydrogen) atoms. The molecule has 4 rings (SSSR count). The summed E-state index contributed by atoms with van der Waals surface area (Å²) >= 11 is 5.87. The summed E-state index contributed by atoms with van der Waals surface area (Å²) in [7, 11) is 0. The molecule has 0 unspecified atom stereocenters. The average Bonchev–Trinajstić information content (AvgIpc) is 2.82. The molecule has 0 radical (unpaired) electrons. The first-order valence-corrected chi connectivity index (χ1v) is 10.5. The summed E-state index contributed by atoms with van der Waals surface area (Å²) in [6, 6.07) is 24.3. The molecular weight excluding hydrogens is 438 g/mol. The maximum Gasteiger partial charge on any atom is 0.275 e. The SMILES string of the molecule is C/C(=N/NC(=O)c1c(O)ccc2ccccc12)c1cccc(NC(=O)c2ccc(Cl)cc2)c1. The van der Waals surface area contributed by atoms with Gasteiger partial charge in [0.05, 0.1) is 11.3 Å². The molecule has 0 fully saturated rings. The van der Waals surface area contributed by atoms with Crippen molar-refractivity contribution >= 4 is 45.6 Å². The van der Waals surface area contributed by atoms with E-state index in [4.69, 9.17) is 11.6 Å². The Balaban J connectivity index is 1.51. The standard InChI is InChI=1S/C26H20ClN3O3/c1-16(29-30-26(33)24-22-8-3-2-5-17(22)11-14-23(24)31)19-6-4-7-21(15-19)28-25(32)18-9-12-20(27)13-10-18/h2-15,31H,1H3,(H,28,32)(H,30,33)/b29-16-. The van der Waals surface area contributed by atoms with Crippen molar-refractivity contribution < 1.29 is 14.7 Å². The highest BCUT2D eigenvalue weighted by molar-refractivity contribution is 6.30. The fourth-order valence-electron chi connectivity index (χ4n) is 3.38. The smallest absolute Gasteiger partial charge is 0.275 e. The van der Waals surface area contributed by atoms with Gasteiger partial charge in [0.15, 0.2) is 0 Å². The predicted molar refractivity (Wildman–Crippen MR) is 131 cm³/mol. The number of phenolic OH excluding ortho intramolecular Hbond substituents is 1. The Hall–Kier alpha value is -4.16. The number of nitrogens with zero attached hydrogens (tertiary/aromatic N) is 1. The van der Waals surface area contributed by atoms with Crippen molar-refractivity contribution in [2.45, 2.75) is 6.92 Å². The van der Waals surface area contributed by atoms with Crippen molar-refractivity contribution in [1.29, 1.82) is 0 Å². The van der Waals surface area contributed by atoms with Gasteiger partial charge in [-0.15, -0.1) is 0 Å². The lowest BCUT2D eigenvalue weighted by Gasteiger charge is -2.09. The second kappa shape index (κ2) is 9.54. The van der Waals surface area contributed by atoms with Crippen molar-refractivity contribution in [3.05, 3.63) is 107 Å². The summed E-state index contributed by atoms with van der Waals surface area (Å²) in [6.07, 6.45) is 0. The van der Waals surface area contributed by atoms with Crippen LogP contribution >= 0.6 is 11.6 Å². The van der Waals surface area contributed by atoms with Crippen LogP contribution in [0.2, 0.25) is 5.02 Å². The lowest BCUT2D eigenvalue weighted by molar-refractivity contribution is 0.0953. The Morgan fingerprint density at radius 2 is 1.61 bits per heavy atom. The van der Waals surface area contributed by atoms with Crippen LogP contribution in [-0.4, -0.2) is 22.6 Å². The van der Waals surface area contributed by atoms with Gasteiger partial charge in [0.1, 0.15) is 5.75 Å². The minimum absolute atomic E-state index is 0.119. The molecule has 4 aromatic rings. The van der Waals surface area contributed by atoms with Gasteiger partial charge in [0, 0.05) is 16.3 Å². The lowest BCUT2D eigenvalue weighted by atomic mass is 10.0. The highest BCUT2D eigenvalue weighted by atomic mass is 35.5. The number of halogens is 1. The summed E-state index contributed by atoms with van der Waals surface area (Å²) in [5.41, 5.74) is 4.99. The Morgan fingerprint density at radius 3 is 2.39 bits per heavy atom. The topological polar surface area (TPSA) is 90.8 Å². The number of rotatable bonds is 5.